The maximum absolute atomic E-state index is 13.0. The van der Waals surface area contributed by atoms with E-state index < -0.39 is 45.3 Å². The fraction of sp³-hybridized carbons (Fsp3) is 0.160. The number of hydrogen-bond donors (Lipinski definition) is 2. The van der Waals surface area contributed by atoms with Gasteiger partial charge in [0.25, 0.3) is 5.91 Å². The van der Waals surface area contributed by atoms with E-state index in [1.54, 1.807) is 18.2 Å². The second kappa shape index (κ2) is 10.5. The van der Waals surface area contributed by atoms with Crippen LogP contribution in [0.4, 0.5) is 24.5 Å². The molecule has 0 aliphatic heterocycles. The second-order valence-electron chi connectivity index (χ2n) is 8.34. The lowest BCUT2D eigenvalue weighted by molar-refractivity contribution is -0.137. The average Bonchev–Trinajstić information content (AvgIpc) is 3.41. The van der Waals surface area contributed by atoms with Crippen LogP contribution in [0, 0.1) is 17.2 Å². The van der Waals surface area contributed by atoms with Crippen LogP contribution in [0.15, 0.2) is 54.6 Å². The van der Waals surface area contributed by atoms with Crippen LogP contribution in [0.5, 0.6) is 0 Å². The van der Waals surface area contributed by atoms with Crippen molar-refractivity contribution in [1.29, 1.82) is 5.26 Å². The standard InChI is InChI=1S/C25H13Cl5F3N3O2/c26-14-6-11(7-15(27)8-14)20-21(24(20,29)30)23(38)35-16-2-3-18(28)17(9-16)22(37)36-19-4-1-13(25(31,32)33)5-12(19)10-34/h1-9,20-21H,(H,35,38)(H,36,37). The number of nitrogens with one attached hydrogen (secondary N) is 2. The number of halogens is 8. The molecule has 1 aliphatic carbocycles. The lowest BCUT2D eigenvalue weighted by Gasteiger charge is -2.13. The Labute approximate surface area is 239 Å². The molecule has 0 radical (unpaired) electrons. The second-order valence-corrected chi connectivity index (χ2v) is 11.1. The Morgan fingerprint density at radius 3 is 2.18 bits per heavy atom. The van der Waals surface area contributed by atoms with Gasteiger partial charge in [0.1, 0.15) is 10.4 Å². The third-order valence-electron chi connectivity index (χ3n) is 5.77. The third kappa shape index (κ3) is 5.83. The van der Waals surface area contributed by atoms with Gasteiger partial charge in [-0.2, -0.15) is 18.4 Å². The summed E-state index contributed by atoms with van der Waals surface area (Å²) >= 11 is 31.0. The molecule has 38 heavy (non-hydrogen) atoms. The van der Waals surface area contributed by atoms with Gasteiger partial charge in [0.15, 0.2) is 0 Å². The number of rotatable bonds is 5. The molecule has 0 heterocycles. The molecular weight excluding hydrogens is 609 g/mol. The number of amides is 2. The molecule has 13 heteroatoms. The first-order valence-corrected chi connectivity index (χ1v) is 12.5. The monoisotopic (exact) mass is 619 g/mol. The Kier molecular flexibility index (Phi) is 7.81. The molecule has 196 valence electrons. The predicted molar refractivity (Wildman–Crippen MR) is 141 cm³/mol. The first-order chi connectivity index (χ1) is 17.7. The van der Waals surface area contributed by atoms with E-state index in [4.69, 9.17) is 58.0 Å². The summed E-state index contributed by atoms with van der Waals surface area (Å²) in [6, 6.07) is 12.7. The maximum atomic E-state index is 13.0. The van der Waals surface area contributed by atoms with E-state index in [0.717, 1.165) is 12.1 Å². The first kappa shape index (κ1) is 28.3. The summed E-state index contributed by atoms with van der Waals surface area (Å²) in [5, 5.41) is 14.9. The van der Waals surface area contributed by atoms with Gasteiger partial charge in [-0.3, -0.25) is 9.59 Å². The lowest BCUT2D eigenvalue weighted by atomic mass is 10.1. The molecule has 0 saturated heterocycles. The van der Waals surface area contributed by atoms with Crippen molar-refractivity contribution in [3.63, 3.8) is 0 Å². The smallest absolute Gasteiger partial charge is 0.326 e. The van der Waals surface area contributed by atoms with E-state index in [1.165, 1.54) is 24.3 Å². The minimum absolute atomic E-state index is 0.00665. The Bertz CT molecular complexity index is 1480. The third-order valence-corrected chi connectivity index (χ3v) is 7.48. The number of carbonyl (C=O) groups excluding carboxylic acids is 2. The minimum atomic E-state index is -4.66. The van der Waals surface area contributed by atoms with Gasteiger partial charge in [-0.25, -0.2) is 0 Å². The summed E-state index contributed by atoms with van der Waals surface area (Å²) in [6.07, 6.45) is -4.66. The van der Waals surface area contributed by atoms with Gasteiger partial charge in [0.05, 0.1) is 33.3 Å². The zero-order valence-corrected chi connectivity index (χ0v) is 22.4. The summed E-state index contributed by atoms with van der Waals surface area (Å²) in [5.41, 5.74) is -0.931. The Hall–Kier alpha value is -2.67. The van der Waals surface area contributed by atoms with E-state index >= 15 is 0 Å². The average molecular weight is 622 g/mol. The van der Waals surface area contributed by atoms with E-state index in [1.807, 2.05) is 0 Å². The van der Waals surface area contributed by atoms with Crippen LogP contribution >= 0.6 is 58.0 Å². The molecule has 3 aromatic rings. The first-order valence-electron chi connectivity index (χ1n) is 10.6. The van der Waals surface area contributed by atoms with Crippen LogP contribution < -0.4 is 10.6 Å². The molecule has 1 fully saturated rings. The van der Waals surface area contributed by atoms with Crippen LogP contribution in [-0.4, -0.2) is 16.1 Å². The molecule has 0 bridgehead atoms. The van der Waals surface area contributed by atoms with Crippen molar-refractivity contribution in [1.82, 2.24) is 0 Å². The normalized spacial score (nSPS) is 17.9. The van der Waals surface area contributed by atoms with Crippen LogP contribution in [-0.2, 0) is 11.0 Å². The van der Waals surface area contributed by atoms with E-state index in [2.05, 4.69) is 10.6 Å². The molecular formula is C25H13Cl5F3N3O2. The fourth-order valence-electron chi connectivity index (χ4n) is 3.93. The highest BCUT2D eigenvalue weighted by molar-refractivity contribution is 6.53. The number of alkyl halides is 5. The highest BCUT2D eigenvalue weighted by Gasteiger charge is 2.67. The number of hydrogen-bond acceptors (Lipinski definition) is 3. The van der Waals surface area contributed by atoms with Crippen molar-refractivity contribution in [3.8, 4) is 6.07 Å². The molecule has 2 atom stereocenters. The molecule has 3 aromatic carbocycles. The SMILES string of the molecule is N#Cc1cc(C(F)(F)F)ccc1NC(=O)c1cc(NC(=O)C2C(c3cc(Cl)cc(Cl)c3)C2(Cl)Cl)ccc1Cl. The van der Waals surface area contributed by atoms with Crippen molar-refractivity contribution in [2.75, 3.05) is 10.6 Å². The molecule has 2 unspecified atom stereocenters. The number of nitriles is 1. The Morgan fingerprint density at radius 1 is 0.921 bits per heavy atom. The Morgan fingerprint density at radius 2 is 1.58 bits per heavy atom. The molecule has 2 amide bonds. The van der Waals surface area contributed by atoms with Gasteiger partial charge in [0, 0.05) is 21.7 Å². The summed E-state index contributed by atoms with van der Waals surface area (Å²) in [4.78, 5) is 25.9. The number of nitrogens with zero attached hydrogens (tertiary/aromatic N) is 1. The van der Waals surface area contributed by atoms with Crippen molar-refractivity contribution in [3.05, 3.63) is 91.9 Å². The largest absolute Gasteiger partial charge is 0.416 e. The van der Waals surface area contributed by atoms with Crippen molar-refractivity contribution >= 4 is 81.2 Å². The molecule has 1 aliphatic rings. The number of benzene rings is 3. The zero-order valence-electron chi connectivity index (χ0n) is 18.6. The van der Waals surface area contributed by atoms with Gasteiger partial charge in [0.2, 0.25) is 5.91 Å². The van der Waals surface area contributed by atoms with Gasteiger partial charge < -0.3 is 10.6 Å². The highest BCUT2D eigenvalue weighted by atomic mass is 35.5. The van der Waals surface area contributed by atoms with Crippen LogP contribution in [0.3, 0.4) is 0 Å². The van der Waals surface area contributed by atoms with E-state index in [-0.39, 0.29) is 22.0 Å². The van der Waals surface area contributed by atoms with Gasteiger partial charge in [-0.05, 0) is 60.2 Å². The zero-order chi connectivity index (χ0) is 28.0. The van der Waals surface area contributed by atoms with Gasteiger partial charge in [-0.15, -0.1) is 23.2 Å². The van der Waals surface area contributed by atoms with Gasteiger partial charge >= 0.3 is 6.18 Å². The molecule has 2 N–H and O–H groups in total. The minimum Gasteiger partial charge on any atom is -0.326 e. The molecule has 5 nitrogen and oxygen atoms in total. The van der Waals surface area contributed by atoms with Crippen LogP contribution in [0.25, 0.3) is 0 Å². The maximum Gasteiger partial charge on any atom is 0.416 e. The quantitative estimate of drug-likeness (QED) is 0.281. The lowest BCUT2D eigenvalue weighted by Crippen LogP contribution is -2.18. The van der Waals surface area contributed by atoms with Crippen molar-refractivity contribution < 1.29 is 22.8 Å². The molecule has 1 saturated carbocycles. The van der Waals surface area contributed by atoms with Crippen molar-refractivity contribution in [2.45, 2.75) is 16.4 Å². The summed E-state index contributed by atoms with van der Waals surface area (Å²) in [5.74, 6) is -2.82. The van der Waals surface area contributed by atoms with Crippen LogP contribution in [0.2, 0.25) is 15.1 Å². The fourth-order valence-corrected chi connectivity index (χ4v) is 5.51. The topological polar surface area (TPSA) is 82.0 Å². The van der Waals surface area contributed by atoms with Crippen molar-refractivity contribution in [2.24, 2.45) is 5.92 Å². The summed E-state index contributed by atoms with van der Waals surface area (Å²) < 4.78 is 37.4. The molecule has 4 rings (SSSR count). The predicted octanol–water partition coefficient (Wildman–Crippen LogP) is 8.32. The van der Waals surface area contributed by atoms with E-state index in [0.29, 0.717) is 21.7 Å². The van der Waals surface area contributed by atoms with Gasteiger partial charge in [-0.1, -0.05) is 34.8 Å². The number of carbonyl (C=O) groups is 2. The molecule has 0 aromatic heterocycles. The Balaban J connectivity index is 1.53. The summed E-state index contributed by atoms with van der Waals surface area (Å²) in [7, 11) is 0. The summed E-state index contributed by atoms with van der Waals surface area (Å²) in [6.45, 7) is 0. The number of anilines is 2. The highest BCUT2D eigenvalue weighted by Crippen LogP contribution is 2.65. The molecule has 0 spiro atoms. The van der Waals surface area contributed by atoms with Crippen LogP contribution in [0.1, 0.15) is 33.0 Å². The van der Waals surface area contributed by atoms with E-state index in [9.17, 15) is 28.0 Å².